The SMILES string of the molecule is CNC(=O)Cn1cc(NC(=O)c2sc(N)nc2C)cn1. The molecule has 8 nitrogen and oxygen atoms in total. The van der Waals surface area contributed by atoms with Gasteiger partial charge in [0.2, 0.25) is 5.91 Å². The molecule has 0 aliphatic carbocycles. The normalized spacial score (nSPS) is 10.3. The first-order valence-electron chi connectivity index (χ1n) is 5.77. The second-order valence-electron chi connectivity index (χ2n) is 4.02. The van der Waals surface area contributed by atoms with E-state index in [1.165, 1.54) is 10.9 Å². The van der Waals surface area contributed by atoms with E-state index in [0.29, 0.717) is 21.4 Å². The van der Waals surface area contributed by atoms with Crippen LogP contribution in [0.15, 0.2) is 12.4 Å². The summed E-state index contributed by atoms with van der Waals surface area (Å²) in [6.45, 7) is 1.82. The molecule has 0 bridgehead atoms. The summed E-state index contributed by atoms with van der Waals surface area (Å²) in [4.78, 5) is 27.7. The fraction of sp³-hybridized carbons (Fsp3) is 0.273. The van der Waals surface area contributed by atoms with E-state index < -0.39 is 0 Å². The molecule has 0 fully saturated rings. The first-order chi connectivity index (χ1) is 9.49. The van der Waals surface area contributed by atoms with Gasteiger partial charge in [0, 0.05) is 13.2 Å². The third kappa shape index (κ3) is 3.12. The summed E-state index contributed by atoms with van der Waals surface area (Å²) >= 11 is 1.13. The van der Waals surface area contributed by atoms with Crippen LogP contribution >= 0.6 is 11.3 Å². The van der Waals surface area contributed by atoms with E-state index in [9.17, 15) is 9.59 Å². The summed E-state index contributed by atoms with van der Waals surface area (Å²) in [5.41, 5.74) is 6.64. The van der Waals surface area contributed by atoms with Gasteiger partial charge in [-0.3, -0.25) is 14.3 Å². The average Bonchev–Trinajstić information content (AvgIpc) is 2.95. The summed E-state index contributed by atoms with van der Waals surface area (Å²) in [6.07, 6.45) is 3.05. The van der Waals surface area contributed by atoms with Crippen LogP contribution in [0, 0.1) is 6.92 Å². The van der Waals surface area contributed by atoms with Crippen LogP contribution in [0.5, 0.6) is 0 Å². The number of nitrogens with zero attached hydrogens (tertiary/aromatic N) is 3. The van der Waals surface area contributed by atoms with Crippen LogP contribution in [0.25, 0.3) is 0 Å². The molecule has 0 aromatic carbocycles. The maximum Gasteiger partial charge on any atom is 0.267 e. The zero-order valence-electron chi connectivity index (χ0n) is 11.0. The monoisotopic (exact) mass is 294 g/mol. The van der Waals surface area contributed by atoms with Gasteiger partial charge in [0.15, 0.2) is 5.13 Å². The maximum atomic E-state index is 12.0. The predicted octanol–water partition coefficient (Wildman–Crippen LogP) is 0.229. The largest absolute Gasteiger partial charge is 0.375 e. The van der Waals surface area contributed by atoms with Crippen LogP contribution in [-0.2, 0) is 11.3 Å². The van der Waals surface area contributed by atoms with E-state index in [0.717, 1.165) is 11.3 Å². The summed E-state index contributed by atoms with van der Waals surface area (Å²) in [5.74, 6) is -0.465. The Balaban J connectivity index is 2.05. The van der Waals surface area contributed by atoms with E-state index in [2.05, 4.69) is 20.7 Å². The van der Waals surface area contributed by atoms with Crippen LogP contribution in [0.3, 0.4) is 0 Å². The molecule has 2 rings (SSSR count). The molecule has 2 aromatic heterocycles. The molecular formula is C11H14N6O2S. The van der Waals surface area contributed by atoms with Crippen LogP contribution in [0.1, 0.15) is 15.4 Å². The minimum Gasteiger partial charge on any atom is -0.375 e. The lowest BCUT2D eigenvalue weighted by Crippen LogP contribution is -2.23. The summed E-state index contributed by atoms with van der Waals surface area (Å²) in [7, 11) is 1.55. The molecular weight excluding hydrogens is 280 g/mol. The number of hydrogen-bond donors (Lipinski definition) is 3. The van der Waals surface area contributed by atoms with E-state index in [1.54, 1.807) is 20.2 Å². The molecule has 0 atom stereocenters. The van der Waals surface area contributed by atoms with Crippen molar-refractivity contribution in [2.45, 2.75) is 13.5 Å². The third-order valence-corrected chi connectivity index (χ3v) is 3.48. The second kappa shape index (κ2) is 5.70. The van der Waals surface area contributed by atoms with E-state index in [4.69, 9.17) is 5.73 Å². The number of aromatic nitrogens is 3. The number of nitrogen functional groups attached to an aromatic ring is 1. The molecule has 0 saturated carbocycles. The summed E-state index contributed by atoms with van der Waals surface area (Å²) in [5, 5.41) is 9.51. The lowest BCUT2D eigenvalue weighted by Gasteiger charge is -2.00. The smallest absolute Gasteiger partial charge is 0.267 e. The van der Waals surface area contributed by atoms with Gasteiger partial charge in [-0.05, 0) is 6.92 Å². The van der Waals surface area contributed by atoms with Crippen molar-refractivity contribution in [3.05, 3.63) is 23.0 Å². The van der Waals surface area contributed by atoms with Gasteiger partial charge in [-0.2, -0.15) is 5.10 Å². The van der Waals surface area contributed by atoms with Crippen LogP contribution in [-0.4, -0.2) is 33.6 Å². The summed E-state index contributed by atoms with van der Waals surface area (Å²) < 4.78 is 1.43. The van der Waals surface area contributed by atoms with Crippen molar-refractivity contribution in [1.82, 2.24) is 20.1 Å². The number of carbonyl (C=O) groups is 2. The second-order valence-corrected chi connectivity index (χ2v) is 5.05. The highest BCUT2D eigenvalue weighted by molar-refractivity contribution is 7.17. The van der Waals surface area contributed by atoms with E-state index in [1.807, 2.05) is 0 Å². The van der Waals surface area contributed by atoms with Gasteiger partial charge in [-0.1, -0.05) is 11.3 Å². The molecule has 0 unspecified atom stereocenters. The Hall–Kier alpha value is -2.42. The summed E-state index contributed by atoms with van der Waals surface area (Å²) in [6, 6.07) is 0. The molecule has 106 valence electrons. The van der Waals surface area contributed by atoms with Crippen molar-refractivity contribution in [2.24, 2.45) is 0 Å². The van der Waals surface area contributed by atoms with Gasteiger partial charge in [-0.25, -0.2) is 4.98 Å². The minimum atomic E-state index is -0.295. The number of amides is 2. The Labute approximate surface area is 119 Å². The number of anilines is 2. The number of rotatable bonds is 4. The van der Waals surface area contributed by atoms with Crippen molar-refractivity contribution in [2.75, 3.05) is 18.1 Å². The van der Waals surface area contributed by atoms with Gasteiger partial charge in [0.05, 0.1) is 17.6 Å². The van der Waals surface area contributed by atoms with Gasteiger partial charge in [0.25, 0.3) is 5.91 Å². The van der Waals surface area contributed by atoms with Crippen LogP contribution < -0.4 is 16.4 Å². The number of thiazole rings is 1. The molecule has 9 heteroatoms. The highest BCUT2D eigenvalue weighted by atomic mass is 32.1. The third-order valence-electron chi connectivity index (χ3n) is 2.49. The Bertz CT molecular complexity index is 647. The maximum absolute atomic E-state index is 12.0. The Morgan fingerprint density at radius 3 is 2.85 bits per heavy atom. The topological polar surface area (TPSA) is 115 Å². The zero-order valence-corrected chi connectivity index (χ0v) is 11.8. The Morgan fingerprint density at radius 2 is 2.25 bits per heavy atom. The quantitative estimate of drug-likeness (QED) is 0.746. The molecule has 0 spiro atoms. The van der Waals surface area contributed by atoms with E-state index in [-0.39, 0.29) is 18.4 Å². The highest BCUT2D eigenvalue weighted by Crippen LogP contribution is 2.20. The molecule has 2 aromatic rings. The number of likely N-dealkylation sites (N-methyl/N-ethyl adjacent to an activating group) is 1. The Morgan fingerprint density at radius 1 is 1.50 bits per heavy atom. The van der Waals surface area contributed by atoms with Crippen LogP contribution in [0.4, 0.5) is 10.8 Å². The Kier molecular flexibility index (Phi) is 3.99. The molecule has 0 aliphatic rings. The first-order valence-corrected chi connectivity index (χ1v) is 6.58. The predicted molar refractivity (Wildman–Crippen MR) is 75.5 cm³/mol. The van der Waals surface area contributed by atoms with Crippen molar-refractivity contribution in [1.29, 1.82) is 0 Å². The van der Waals surface area contributed by atoms with Gasteiger partial charge in [0.1, 0.15) is 11.4 Å². The molecule has 20 heavy (non-hydrogen) atoms. The number of nitrogens with one attached hydrogen (secondary N) is 2. The first kappa shape index (κ1) is 14.0. The van der Waals surface area contributed by atoms with Crippen LogP contribution in [0.2, 0.25) is 0 Å². The molecule has 4 N–H and O–H groups in total. The van der Waals surface area contributed by atoms with Gasteiger partial charge < -0.3 is 16.4 Å². The molecule has 0 saturated heterocycles. The van der Waals surface area contributed by atoms with E-state index >= 15 is 0 Å². The number of hydrogen-bond acceptors (Lipinski definition) is 6. The van der Waals surface area contributed by atoms with Crippen molar-refractivity contribution in [3.63, 3.8) is 0 Å². The fourth-order valence-corrected chi connectivity index (χ4v) is 2.29. The molecule has 2 amide bonds. The highest BCUT2D eigenvalue weighted by Gasteiger charge is 2.15. The van der Waals surface area contributed by atoms with Gasteiger partial charge >= 0.3 is 0 Å². The standard InChI is InChI=1S/C11H14N6O2S/c1-6-9(20-11(12)15-6)10(19)16-7-3-14-17(4-7)5-8(18)13-2/h3-4H,5H2,1-2H3,(H2,12,15)(H,13,18)(H,16,19). The minimum absolute atomic E-state index is 0.0961. The lowest BCUT2D eigenvalue weighted by atomic mass is 10.3. The zero-order chi connectivity index (χ0) is 14.7. The number of carbonyl (C=O) groups excluding carboxylic acids is 2. The number of aryl methyl sites for hydroxylation is 1. The molecule has 0 aliphatic heterocycles. The lowest BCUT2D eigenvalue weighted by molar-refractivity contribution is -0.121. The number of nitrogens with two attached hydrogens (primary N) is 1. The molecule has 0 radical (unpaired) electrons. The van der Waals surface area contributed by atoms with Crippen molar-refractivity contribution >= 4 is 34.0 Å². The fourth-order valence-electron chi connectivity index (χ4n) is 1.56. The molecule has 2 heterocycles. The van der Waals surface area contributed by atoms with Crippen molar-refractivity contribution in [3.8, 4) is 0 Å². The average molecular weight is 294 g/mol. The van der Waals surface area contributed by atoms with Crippen molar-refractivity contribution < 1.29 is 9.59 Å². The van der Waals surface area contributed by atoms with Gasteiger partial charge in [-0.15, -0.1) is 0 Å².